The summed E-state index contributed by atoms with van der Waals surface area (Å²) in [5.41, 5.74) is 2.51. The zero-order valence-corrected chi connectivity index (χ0v) is 15.7. The first-order valence-corrected chi connectivity index (χ1v) is 9.31. The van der Waals surface area contributed by atoms with Gasteiger partial charge in [-0.05, 0) is 18.9 Å². The zero-order chi connectivity index (χ0) is 19.0. The summed E-state index contributed by atoms with van der Waals surface area (Å²) < 4.78 is 0. The molecule has 0 unspecified atom stereocenters. The average molecular weight is 371 g/mol. The predicted molar refractivity (Wildman–Crippen MR) is 101 cm³/mol. The van der Waals surface area contributed by atoms with E-state index in [-0.39, 0.29) is 12.0 Å². The van der Waals surface area contributed by atoms with Gasteiger partial charge in [0.05, 0.1) is 18.3 Å². The van der Waals surface area contributed by atoms with Gasteiger partial charge in [-0.2, -0.15) is 10.1 Å². The molecule has 2 aromatic rings. The van der Waals surface area contributed by atoms with E-state index in [0.29, 0.717) is 31.2 Å². The number of aromatic nitrogens is 4. The fraction of sp³-hybridized carbons (Fsp3) is 0.556. The number of piperidine rings is 1. The normalized spacial score (nSPS) is 17.7. The van der Waals surface area contributed by atoms with Gasteiger partial charge >= 0.3 is 0 Å². The Morgan fingerprint density at radius 2 is 2.04 bits per heavy atom. The van der Waals surface area contributed by atoms with Crippen LogP contribution in [0.4, 0.5) is 11.8 Å². The van der Waals surface area contributed by atoms with Gasteiger partial charge in [-0.1, -0.05) is 0 Å². The number of hydrogen-bond acceptors (Lipinski definition) is 7. The fourth-order valence-electron chi connectivity index (χ4n) is 3.64. The molecule has 9 nitrogen and oxygen atoms in total. The van der Waals surface area contributed by atoms with Gasteiger partial charge in [-0.15, -0.1) is 0 Å². The molecule has 0 radical (unpaired) electrons. The van der Waals surface area contributed by atoms with Crippen molar-refractivity contribution in [3.05, 3.63) is 29.2 Å². The molecule has 1 amide bonds. The maximum Gasteiger partial charge on any atom is 0.272 e. The molecule has 144 valence electrons. The van der Waals surface area contributed by atoms with Crippen LogP contribution in [0.1, 0.15) is 34.6 Å². The Balaban J connectivity index is 1.67. The largest absolute Gasteiger partial charge is 0.393 e. The second-order valence-corrected chi connectivity index (χ2v) is 7.33. The van der Waals surface area contributed by atoms with Gasteiger partial charge < -0.3 is 19.8 Å². The number of rotatable bonds is 3. The monoisotopic (exact) mass is 371 g/mol. The Hall–Kier alpha value is -2.68. The van der Waals surface area contributed by atoms with E-state index in [1.807, 2.05) is 23.9 Å². The van der Waals surface area contributed by atoms with Crippen molar-refractivity contribution >= 4 is 17.7 Å². The van der Waals surface area contributed by atoms with Crippen LogP contribution >= 0.6 is 0 Å². The highest BCUT2D eigenvalue weighted by atomic mass is 16.3. The molecular formula is C18H25N7O2. The second kappa shape index (κ2) is 7.15. The molecule has 4 rings (SSSR count). The van der Waals surface area contributed by atoms with Gasteiger partial charge in [-0.3, -0.25) is 9.89 Å². The van der Waals surface area contributed by atoms with E-state index in [2.05, 4.69) is 15.1 Å². The van der Waals surface area contributed by atoms with Crippen molar-refractivity contribution in [2.45, 2.75) is 31.9 Å². The number of fused-ring (bicyclic) bond motifs is 1. The zero-order valence-electron chi connectivity index (χ0n) is 15.7. The lowest BCUT2D eigenvalue weighted by atomic mass is 10.0. The lowest BCUT2D eigenvalue weighted by Crippen LogP contribution is -2.41. The van der Waals surface area contributed by atoms with Gasteiger partial charge in [0.1, 0.15) is 11.5 Å². The molecule has 4 heterocycles. The molecule has 0 aliphatic carbocycles. The summed E-state index contributed by atoms with van der Waals surface area (Å²) in [5.74, 6) is 1.51. The number of aliphatic hydroxyl groups excluding tert-OH is 1. The number of nitrogens with zero attached hydrogens (tertiary/aromatic N) is 6. The third-order valence-corrected chi connectivity index (χ3v) is 5.21. The van der Waals surface area contributed by atoms with Crippen LogP contribution in [0.5, 0.6) is 0 Å². The van der Waals surface area contributed by atoms with Gasteiger partial charge in [0.2, 0.25) is 5.95 Å². The minimum atomic E-state index is -0.245. The molecule has 0 atom stereocenters. The molecule has 2 aromatic heterocycles. The quantitative estimate of drug-likeness (QED) is 0.806. The maximum absolute atomic E-state index is 12.7. The summed E-state index contributed by atoms with van der Waals surface area (Å²) in [7, 11) is 3.87. The topological polar surface area (TPSA) is 101 Å². The van der Waals surface area contributed by atoms with Crippen molar-refractivity contribution in [2.24, 2.45) is 0 Å². The maximum atomic E-state index is 12.7. The van der Waals surface area contributed by atoms with Crippen molar-refractivity contribution in [3.63, 3.8) is 0 Å². The van der Waals surface area contributed by atoms with Crippen molar-refractivity contribution < 1.29 is 9.90 Å². The Labute approximate surface area is 158 Å². The van der Waals surface area contributed by atoms with Crippen LogP contribution in [-0.4, -0.2) is 75.9 Å². The first-order valence-electron chi connectivity index (χ1n) is 9.31. The van der Waals surface area contributed by atoms with Crippen LogP contribution < -0.4 is 9.80 Å². The van der Waals surface area contributed by atoms with Gasteiger partial charge in [0.15, 0.2) is 0 Å². The molecule has 27 heavy (non-hydrogen) atoms. The van der Waals surface area contributed by atoms with Crippen molar-refractivity contribution in [1.82, 2.24) is 25.1 Å². The van der Waals surface area contributed by atoms with E-state index < -0.39 is 0 Å². The number of carbonyl (C=O) groups excluding carboxylic acids is 1. The number of aliphatic hydroxyl groups is 1. The molecule has 2 aliphatic rings. The summed E-state index contributed by atoms with van der Waals surface area (Å²) >= 11 is 0. The highest BCUT2D eigenvalue weighted by Gasteiger charge is 2.30. The summed E-state index contributed by atoms with van der Waals surface area (Å²) in [5, 5.41) is 16.5. The number of aromatic amines is 1. The Morgan fingerprint density at radius 3 is 2.70 bits per heavy atom. The van der Waals surface area contributed by atoms with Crippen LogP contribution in [0.3, 0.4) is 0 Å². The number of nitrogens with one attached hydrogen (secondary N) is 1. The summed E-state index contributed by atoms with van der Waals surface area (Å²) in [6.07, 6.45) is 3.50. The molecule has 2 N–H and O–H groups in total. The van der Waals surface area contributed by atoms with E-state index in [1.54, 1.807) is 12.3 Å². The van der Waals surface area contributed by atoms with Crippen LogP contribution in [0.2, 0.25) is 0 Å². The molecule has 0 spiro atoms. The summed E-state index contributed by atoms with van der Waals surface area (Å²) in [4.78, 5) is 28.2. The van der Waals surface area contributed by atoms with Crippen molar-refractivity contribution in [2.75, 3.05) is 43.5 Å². The van der Waals surface area contributed by atoms with Gasteiger partial charge in [0, 0.05) is 51.9 Å². The average Bonchev–Trinajstić information content (AvgIpc) is 3.21. The number of anilines is 2. The first-order chi connectivity index (χ1) is 13.0. The highest BCUT2D eigenvalue weighted by Crippen LogP contribution is 2.30. The summed E-state index contributed by atoms with van der Waals surface area (Å²) in [6, 6.07) is 1.69. The van der Waals surface area contributed by atoms with E-state index in [9.17, 15) is 9.90 Å². The van der Waals surface area contributed by atoms with E-state index in [0.717, 1.165) is 43.0 Å². The number of amides is 1. The number of H-pyrrole nitrogens is 1. The Kier molecular flexibility index (Phi) is 4.69. The smallest absolute Gasteiger partial charge is 0.272 e. The minimum absolute atomic E-state index is 0.0603. The van der Waals surface area contributed by atoms with Crippen LogP contribution in [-0.2, 0) is 13.0 Å². The third kappa shape index (κ3) is 3.46. The lowest BCUT2D eigenvalue weighted by Gasteiger charge is -2.36. The molecule has 0 saturated carbocycles. The van der Waals surface area contributed by atoms with E-state index in [1.165, 1.54) is 0 Å². The lowest BCUT2D eigenvalue weighted by molar-refractivity contribution is 0.0727. The Morgan fingerprint density at radius 1 is 1.26 bits per heavy atom. The van der Waals surface area contributed by atoms with Crippen molar-refractivity contribution in [1.29, 1.82) is 0 Å². The second-order valence-electron chi connectivity index (χ2n) is 7.33. The van der Waals surface area contributed by atoms with E-state index in [4.69, 9.17) is 9.97 Å². The Bertz CT molecular complexity index is 813. The number of carbonyl (C=O) groups is 1. The number of hydrogen-bond donors (Lipinski definition) is 2. The molecule has 0 bridgehead atoms. The summed E-state index contributed by atoms with van der Waals surface area (Å²) in [6.45, 7) is 2.61. The van der Waals surface area contributed by atoms with Crippen molar-refractivity contribution in [3.8, 4) is 0 Å². The van der Waals surface area contributed by atoms with Crippen LogP contribution in [0.15, 0.2) is 12.3 Å². The fourth-order valence-corrected chi connectivity index (χ4v) is 3.64. The molecule has 9 heteroatoms. The van der Waals surface area contributed by atoms with Gasteiger partial charge in [-0.25, -0.2) is 4.98 Å². The minimum Gasteiger partial charge on any atom is -0.393 e. The van der Waals surface area contributed by atoms with Gasteiger partial charge in [0.25, 0.3) is 5.91 Å². The molecule has 1 fully saturated rings. The third-order valence-electron chi connectivity index (χ3n) is 5.21. The molecule has 2 aliphatic heterocycles. The molecule has 1 saturated heterocycles. The highest BCUT2D eigenvalue weighted by molar-refractivity contribution is 5.92. The molecule has 0 aromatic carbocycles. The first kappa shape index (κ1) is 17.7. The standard InChI is InChI=1S/C18H25N7O2/c1-23(2)18-20-14-6-10-25(17(27)15-3-7-19-22-15)11-13(14)16(21-18)24-8-4-12(26)5-9-24/h3,7,12,26H,4-6,8-11H2,1-2H3,(H,19,22). The van der Waals surface area contributed by atoms with Crippen LogP contribution in [0.25, 0.3) is 0 Å². The predicted octanol–water partition coefficient (Wildman–Crippen LogP) is 0.425. The molecular weight excluding hydrogens is 346 g/mol. The van der Waals surface area contributed by atoms with E-state index >= 15 is 0 Å². The SMILES string of the molecule is CN(C)c1nc2c(c(N3CCC(O)CC3)n1)CN(C(=O)c1ccn[nH]1)CC2. The van der Waals surface area contributed by atoms with Crippen LogP contribution in [0, 0.1) is 0 Å².